The second-order valence-corrected chi connectivity index (χ2v) is 6.72. The van der Waals surface area contributed by atoms with Crippen molar-refractivity contribution in [1.82, 2.24) is 5.32 Å². The van der Waals surface area contributed by atoms with Crippen LogP contribution >= 0.6 is 23.4 Å². The maximum absolute atomic E-state index is 12.2. The van der Waals surface area contributed by atoms with Crippen LogP contribution in [0.3, 0.4) is 0 Å². The Morgan fingerprint density at radius 3 is 2.73 bits per heavy atom. The summed E-state index contributed by atoms with van der Waals surface area (Å²) in [4.78, 5) is 17.2. The Labute approximate surface area is 161 Å². The molecular weight excluding hydrogens is 372 g/mol. The van der Waals surface area contributed by atoms with E-state index in [1.165, 1.54) is 11.8 Å². The van der Waals surface area contributed by atoms with Gasteiger partial charge in [0.1, 0.15) is 0 Å². The number of benzene rings is 2. The molecule has 26 heavy (non-hydrogen) atoms. The number of amides is 1. The molecule has 1 aliphatic rings. The standard InChI is InChI=1S/C19H17ClN2O3S/c1-3-25-17-14(20)9-12(10-15(17)24-2)11-16-18(23)22-19(26-16)21-13-7-5-4-6-8-13/h4-11H,3H2,1-2H3,(H,21,22,23)/b16-11-. The van der Waals surface area contributed by atoms with E-state index in [1.807, 2.05) is 37.3 Å². The molecule has 3 rings (SSSR count). The van der Waals surface area contributed by atoms with Crippen LogP contribution in [0.4, 0.5) is 5.69 Å². The first-order chi connectivity index (χ1) is 12.6. The fourth-order valence-corrected chi connectivity index (χ4v) is 3.47. The van der Waals surface area contributed by atoms with Crippen LogP contribution in [0.25, 0.3) is 6.08 Å². The second kappa shape index (κ2) is 8.29. The molecule has 0 bridgehead atoms. The molecule has 1 heterocycles. The lowest BCUT2D eigenvalue weighted by Gasteiger charge is -2.12. The summed E-state index contributed by atoms with van der Waals surface area (Å²) in [5.41, 5.74) is 1.52. The molecule has 0 aromatic heterocycles. The Balaban J connectivity index is 1.87. The molecule has 1 amide bonds. The van der Waals surface area contributed by atoms with Gasteiger partial charge in [-0.2, -0.15) is 0 Å². The molecule has 2 aromatic carbocycles. The van der Waals surface area contributed by atoms with Crippen molar-refractivity contribution < 1.29 is 14.3 Å². The van der Waals surface area contributed by atoms with Crippen molar-refractivity contribution in [3.8, 4) is 11.5 Å². The number of ether oxygens (including phenoxy) is 2. The van der Waals surface area contributed by atoms with Crippen molar-refractivity contribution in [2.24, 2.45) is 4.99 Å². The van der Waals surface area contributed by atoms with E-state index in [9.17, 15) is 4.79 Å². The number of para-hydroxylation sites is 1. The Morgan fingerprint density at radius 1 is 1.27 bits per heavy atom. The maximum Gasteiger partial charge on any atom is 0.264 e. The van der Waals surface area contributed by atoms with Crippen LogP contribution in [-0.2, 0) is 4.79 Å². The quantitative estimate of drug-likeness (QED) is 0.758. The van der Waals surface area contributed by atoms with Crippen molar-refractivity contribution in [2.75, 3.05) is 13.7 Å². The van der Waals surface area contributed by atoms with Crippen molar-refractivity contribution in [1.29, 1.82) is 0 Å². The first kappa shape index (κ1) is 18.4. The number of hydrogen-bond donors (Lipinski definition) is 1. The molecule has 5 nitrogen and oxygen atoms in total. The Bertz CT molecular complexity index is 882. The summed E-state index contributed by atoms with van der Waals surface area (Å²) in [7, 11) is 1.55. The van der Waals surface area contributed by atoms with Crippen molar-refractivity contribution in [3.05, 3.63) is 58.0 Å². The summed E-state index contributed by atoms with van der Waals surface area (Å²) in [6.07, 6.45) is 1.75. The first-order valence-corrected chi connectivity index (χ1v) is 9.15. The number of carbonyl (C=O) groups excluding carboxylic acids is 1. The summed E-state index contributed by atoms with van der Waals surface area (Å²) >= 11 is 7.56. The zero-order valence-corrected chi connectivity index (χ0v) is 15.9. The minimum absolute atomic E-state index is 0.200. The summed E-state index contributed by atoms with van der Waals surface area (Å²) in [6.45, 7) is 2.35. The molecule has 134 valence electrons. The van der Waals surface area contributed by atoms with Gasteiger partial charge in [-0.15, -0.1) is 0 Å². The van der Waals surface area contributed by atoms with E-state index >= 15 is 0 Å². The average molecular weight is 389 g/mol. The number of nitrogens with one attached hydrogen (secondary N) is 1. The van der Waals surface area contributed by atoms with Crippen LogP contribution in [0.5, 0.6) is 11.5 Å². The van der Waals surface area contributed by atoms with E-state index in [-0.39, 0.29) is 5.91 Å². The zero-order valence-electron chi connectivity index (χ0n) is 14.3. The number of carbonyl (C=O) groups is 1. The van der Waals surface area contributed by atoms with E-state index in [1.54, 1.807) is 25.3 Å². The highest BCUT2D eigenvalue weighted by atomic mass is 35.5. The molecule has 1 saturated heterocycles. The fraction of sp³-hybridized carbons (Fsp3) is 0.158. The van der Waals surface area contributed by atoms with E-state index in [0.717, 1.165) is 11.3 Å². The van der Waals surface area contributed by atoms with Crippen molar-refractivity contribution >= 4 is 46.2 Å². The molecule has 1 aliphatic heterocycles. The number of nitrogens with zero attached hydrogens (tertiary/aromatic N) is 1. The summed E-state index contributed by atoms with van der Waals surface area (Å²) in [5.74, 6) is 0.815. The van der Waals surface area contributed by atoms with Crippen molar-refractivity contribution in [3.63, 3.8) is 0 Å². The van der Waals surface area contributed by atoms with Crippen LogP contribution in [-0.4, -0.2) is 24.8 Å². The van der Waals surface area contributed by atoms with Gasteiger partial charge in [0.05, 0.1) is 29.3 Å². The molecule has 2 aromatic rings. The minimum Gasteiger partial charge on any atom is -0.493 e. The van der Waals surface area contributed by atoms with Gasteiger partial charge in [0.2, 0.25) is 0 Å². The normalized spacial score (nSPS) is 16.8. The number of halogens is 1. The molecule has 7 heteroatoms. The lowest BCUT2D eigenvalue weighted by Crippen LogP contribution is -2.19. The van der Waals surface area contributed by atoms with Crippen LogP contribution in [0.1, 0.15) is 12.5 Å². The van der Waals surface area contributed by atoms with Gasteiger partial charge >= 0.3 is 0 Å². The van der Waals surface area contributed by atoms with Gasteiger partial charge in [0, 0.05) is 0 Å². The van der Waals surface area contributed by atoms with Gasteiger partial charge in [-0.1, -0.05) is 29.8 Å². The molecule has 1 N–H and O–H groups in total. The van der Waals surface area contributed by atoms with E-state index in [4.69, 9.17) is 21.1 Å². The van der Waals surface area contributed by atoms with E-state index in [0.29, 0.717) is 33.2 Å². The second-order valence-electron chi connectivity index (χ2n) is 5.28. The first-order valence-electron chi connectivity index (χ1n) is 7.95. The molecule has 0 unspecified atom stereocenters. The third kappa shape index (κ3) is 4.20. The summed E-state index contributed by atoms with van der Waals surface area (Å²) in [5, 5.41) is 3.73. The lowest BCUT2D eigenvalue weighted by molar-refractivity contribution is -0.115. The van der Waals surface area contributed by atoms with Gasteiger partial charge in [-0.25, -0.2) is 4.99 Å². The van der Waals surface area contributed by atoms with Crippen LogP contribution in [0.15, 0.2) is 52.4 Å². The SMILES string of the molecule is CCOc1c(Cl)cc(/C=C2\SC(=Nc3ccccc3)NC2=O)cc1OC. The molecular formula is C19H17ClN2O3S. The topological polar surface area (TPSA) is 59.9 Å². The summed E-state index contributed by atoms with van der Waals surface area (Å²) < 4.78 is 10.8. The largest absolute Gasteiger partial charge is 0.493 e. The zero-order chi connectivity index (χ0) is 18.5. The number of aliphatic imine (C=N–C) groups is 1. The molecule has 0 atom stereocenters. The third-order valence-corrected chi connectivity index (χ3v) is 4.67. The van der Waals surface area contributed by atoms with Gasteiger partial charge in [-0.3, -0.25) is 4.79 Å². The minimum atomic E-state index is -0.200. The van der Waals surface area contributed by atoms with Crippen LogP contribution in [0, 0.1) is 0 Å². The summed E-state index contributed by atoms with van der Waals surface area (Å²) in [6, 6.07) is 13.0. The number of methoxy groups -OCH3 is 1. The molecule has 0 saturated carbocycles. The van der Waals surface area contributed by atoms with Crippen LogP contribution in [0.2, 0.25) is 5.02 Å². The van der Waals surface area contributed by atoms with Gasteiger partial charge in [-0.05, 0) is 54.6 Å². The molecule has 0 aliphatic carbocycles. The number of rotatable bonds is 5. The highest BCUT2D eigenvalue weighted by Crippen LogP contribution is 2.38. The monoisotopic (exact) mass is 388 g/mol. The maximum atomic E-state index is 12.2. The van der Waals surface area contributed by atoms with Gasteiger partial charge in [0.15, 0.2) is 16.7 Å². The van der Waals surface area contributed by atoms with Gasteiger partial charge in [0.25, 0.3) is 5.91 Å². The third-order valence-electron chi connectivity index (χ3n) is 3.48. The molecule has 0 spiro atoms. The van der Waals surface area contributed by atoms with E-state index < -0.39 is 0 Å². The number of amidine groups is 1. The fourth-order valence-electron chi connectivity index (χ4n) is 2.36. The van der Waals surface area contributed by atoms with Crippen LogP contribution < -0.4 is 14.8 Å². The number of hydrogen-bond acceptors (Lipinski definition) is 5. The predicted octanol–water partition coefficient (Wildman–Crippen LogP) is 4.64. The Hall–Kier alpha value is -2.44. The molecule has 1 fully saturated rings. The van der Waals surface area contributed by atoms with E-state index in [2.05, 4.69) is 10.3 Å². The predicted molar refractivity (Wildman–Crippen MR) is 106 cm³/mol. The molecule has 0 radical (unpaired) electrons. The lowest BCUT2D eigenvalue weighted by atomic mass is 10.2. The van der Waals surface area contributed by atoms with Crippen molar-refractivity contribution in [2.45, 2.75) is 6.92 Å². The highest BCUT2D eigenvalue weighted by Gasteiger charge is 2.24. The Morgan fingerprint density at radius 2 is 2.04 bits per heavy atom. The average Bonchev–Trinajstić information content (AvgIpc) is 2.97. The van der Waals surface area contributed by atoms with Gasteiger partial charge < -0.3 is 14.8 Å². The highest BCUT2D eigenvalue weighted by molar-refractivity contribution is 8.18. The smallest absolute Gasteiger partial charge is 0.264 e. The Kier molecular flexibility index (Phi) is 5.85. The number of thioether (sulfide) groups is 1.